The Morgan fingerprint density at radius 1 is 1.00 bits per heavy atom. The zero-order valence-electron chi connectivity index (χ0n) is 20.4. The fourth-order valence-corrected chi connectivity index (χ4v) is 4.92. The van der Waals surface area contributed by atoms with Gasteiger partial charge < -0.3 is 9.80 Å². The molecule has 0 bridgehead atoms. The molecule has 168 valence electrons. The number of carbonyl (C=O) groups excluding carboxylic acids is 3. The second-order valence-electron chi connectivity index (χ2n) is 10.6. The van der Waals surface area contributed by atoms with E-state index in [1.165, 1.54) is 4.90 Å². The van der Waals surface area contributed by atoms with E-state index in [0.29, 0.717) is 11.7 Å². The van der Waals surface area contributed by atoms with Crippen LogP contribution in [0.25, 0.3) is 0 Å². The summed E-state index contributed by atoms with van der Waals surface area (Å²) in [5.41, 5.74) is -1.22. The summed E-state index contributed by atoms with van der Waals surface area (Å²) in [6.45, 7) is 20.6. The Kier molecular flexibility index (Phi) is 8.06. The molecular weight excluding hydrogens is 384 g/mol. The van der Waals surface area contributed by atoms with Gasteiger partial charge in [-0.05, 0) is 24.5 Å². The number of carbonyl (C=O) groups is 3. The zero-order chi connectivity index (χ0) is 22.9. The predicted octanol–water partition coefficient (Wildman–Crippen LogP) is 4.24. The number of hydrogen-bond donors (Lipinski definition) is 0. The number of rotatable bonds is 8. The van der Waals surface area contributed by atoms with Crippen molar-refractivity contribution < 1.29 is 14.4 Å². The molecule has 0 aromatic carbocycles. The highest BCUT2D eigenvalue weighted by Gasteiger charge is 2.66. The lowest BCUT2D eigenvalue weighted by molar-refractivity contribution is -0.149. The van der Waals surface area contributed by atoms with E-state index in [9.17, 15) is 14.4 Å². The van der Waals surface area contributed by atoms with E-state index in [-0.39, 0.29) is 35.5 Å². The molecule has 0 aromatic heterocycles. The third kappa shape index (κ3) is 4.83. The van der Waals surface area contributed by atoms with Crippen LogP contribution in [0.3, 0.4) is 0 Å². The van der Waals surface area contributed by atoms with Gasteiger partial charge in [-0.2, -0.15) is 11.8 Å². The van der Waals surface area contributed by atoms with Crippen LogP contribution in [0.15, 0.2) is 0 Å². The molecule has 1 aliphatic rings. The summed E-state index contributed by atoms with van der Waals surface area (Å²) in [5, 5.41) is 0.466. The third-order valence-corrected chi connectivity index (χ3v) is 8.47. The first-order valence-corrected chi connectivity index (χ1v) is 11.8. The molecule has 1 rings (SSSR count). The SMILES string of the molecule is CC(C)SCCC(=O)N1C(C(=O)N(C)CC(=O)C(C)C)C(C)(C)C(C)(C)C1(C)C. The van der Waals surface area contributed by atoms with Gasteiger partial charge in [-0.3, -0.25) is 14.4 Å². The third-order valence-electron chi connectivity index (χ3n) is 7.37. The summed E-state index contributed by atoms with van der Waals surface area (Å²) in [7, 11) is 1.67. The predicted molar refractivity (Wildman–Crippen MR) is 122 cm³/mol. The molecule has 1 atom stereocenters. The van der Waals surface area contributed by atoms with Crippen LogP contribution in [-0.4, -0.2) is 63.6 Å². The van der Waals surface area contributed by atoms with Crippen molar-refractivity contribution in [2.45, 2.75) is 92.5 Å². The Morgan fingerprint density at radius 2 is 1.52 bits per heavy atom. The molecule has 1 unspecified atom stereocenters. The molecule has 0 radical (unpaired) electrons. The fraction of sp³-hybridized carbons (Fsp3) is 0.870. The molecule has 1 saturated heterocycles. The van der Waals surface area contributed by atoms with Crippen molar-refractivity contribution in [2.24, 2.45) is 16.7 Å². The molecule has 0 aliphatic carbocycles. The summed E-state index contributed by atoms with van der Waals surface area (Å²) < 4.78 is 0. The van der Waals surface area contributed by atoms with Crippen molar-refractivity contribution in [3.05, 3.63) is 0 Å². The lowest BCUT2D eigenvalue weighted by atomic mass is 9.60. The molecule has 5 nitrogen and oxygen atoms in total. The highest BCUT2D eigenvalue weighted by molar-refractivity contribution is 7.99. The molecule has 1 aliphatic heterocycles. The van der Waals surface area contributed by atoms with Crippen LogP contribution in [0, 0.1) is 16.7 Å². The topological polar surface area (TPSA) is 57.7 Å². The number of likely N-dealkylation sites (N-methyl/N-ethyl adjacent to an activating group) is 1. The van der Waals surface area contributed by atoms with Crippen LogP contribution in [0.1, 0.15) is 75.7 Å². The van der Waals surface area contributed by atoms with E-state index >= 15 is 0 Å². The Balaban J connectivity index is 3.28. The van der Waals surface area contributed by atoms with Crippen molar-refractivity contribution in [1.82, 2.24) is 9.80 Å². The van der Waals surface area contributed by atoms with Gasteiger partial charge in [0, 0.05) is 36.1 Å². The molecule has 0 aromatic rings. The number of amides is 2. The summed E-state index contributed by atoms with van der Waals surface area (Å²) >= 11 is 1.76. The Hall–Kier alpha value is -1.04. The van der Waals surface area contributed by atoms with Crippen LogP contribution in [0.5, 0.6) is 0 Å². The molecule has 6 heteroatoms. The van der Waals surface area contributed by atoms with Crippen molar-refractivity contribution in [3.63, 3.8) is 0 Å². The Bertz CT molecular complexity index is 638. The summed E-state index contributed by atoms with van der Waals surface area (Å²) in [4.78, 5) is 42.5. The Labute approximate surface area is 182 Å². The van der Waals surface area contributed by atoms with Crippen molar-refractivity contribution >= 4 is 29.4 Å². The number of Topliss-reactive ketones (excluding diaryl/α,β-unsaturated/α-hetero) is 1. The first kappa shape index (κ1) is 26.0. The fourth-order valence-electron chi connectivity index (χ4n) is 4.16. The van der Waals surface area contributed by atoms with Gasteiger partial charge in [-0.15, -0.1) is 0 Å². The van der Waals surface area contributed by atoms with E-state index in [0.717, 1.165) is 5.75 Å². The van der Waals surface area contributed by atoms with Crippen molar-refractivity contribution in [3.8, 4) is 0 Å². The van der Waals surface area contributed by atoms with E-state index < -0.39 is 17.0 Å². The monoisotopic (exact) mass is 426 g/mol. The summed E-state index contributed by atoms with van der Waals surface area (Å²) in [6, 6.07) is -0.589. The van der Waals surface area contributed by atoms with Gasteiger partial charge in [0.1, 0.15) is 6.04 Å². The molecular formula is C23H42N2O3S. The average molecular weight is 427 g/mol. The maximum Gasteiger partial charge on any atom is 0.246 e. The van der Waals surface area contributed by atoms with E-state index in [4.69, 9.17) is 0 Å². The van der Waals surface area contributed by atoms with Gasteiger partial charge >= 0.3 is 0 Å². The minimum atomic E-state index is -0.589. The average Bonchev–Trinajstić information content (AvgIpc) is 2.67. The van der Waals surface area contributed by atoms with Gasteiger partial charge in [-0.1, -0.05) is 55.4 Å². The number of ketones is 1. The lowest BCUT2D eigenvalue weighted by Crippen LogP contribution is -2.56. The highest BCUT2D eigenvalue weighted by Crippen LogP contribution is 2.59. The maximum absolute atomic E-state index is 13.6. The molecule has 1 fully saturated rings. The molecule has 1 heterocycles. The van der Waals surface area contributed by atoms with E-state index in [1.54, 1.807) is 18.8 Å². The van der Waals surface area contributed by atoms with Gasteiger partial charge in [0.05, 0.1) is 6.54 Å². The smallest absolute Gasteiger partial charge is 0.246 e. The van der Waals surface area contributed by atoms with Crippen LogP contribution in [-0.2, 0) is 14.4 Å². The summed E-state index contributed by atoms with van der Waals surface area (Å²) in [5.74, 6) is 0.519. The lowest BCUT2D eigenvalue weighted by Gasteiger charge is -2.44. The summed E-state index contributed by atoms with van der Waals surface area (Å²) in [6.07, 6.45) is 0.414. The number of likely N-dealkylation sites (tertiary alicyclic amines) is 1. The minimum Gasteiger partial charge on any atom is -0.337 e. The van der Waals surface area contributed by atoms with Crippen molar-refractivity contribution in [1.29, 1.82) is 0 Å². The van der Waals surface area contributed by atoms with Gasteiger partial charge in [0.15, 0.2) is 5.78 Å². The first-order valence-electron chi connectivity index (χ1n) is 10.7. The van der Waals surface area contributed by atoms with Crippen LogP contribution in [0.4, 0.5) is 0 Å². The van der Waals surface area contributed by atoms with E-state index in [2.05, 4.69) is 55.4 Å². The molecule has 0 N–H and O–H groups in total. The van der Waals surface area contributed by atoms with Crippen LogP contribution >= 0.6 is 11.8 Å². The van der Waals surface area contributed by atoms with Crippen molar-refractivity contribution in [2.75, 3.05) is 19.3 Å². The zero-order valence-corrected chi connectivity index (χ0v) is 21.2. The normalized spacial score (nSPS) is 22.2. The molecule has 0 spiro atoms. The molecule has 0 saturated carbocycles. The standard InChI is InChI=1S/C23H42N2O3S/c1-15(2)17(26)14-24(11)20(28)19-21(5,6)22(7,8)23(9,10)25(19)18(27)12-13-29-16(3)4/h15-16,19H,12-14H2,1-11H3. The number of thioether (sulfide) groups is 1. The maximum atomic E-state index is 13.6. The van der Waals surface area contributed by atoms with Gasteiger partial charge in [-0.25, -0.2) is 0 Å². The van der Waals surface area contributed by atoms with Gasteiger partial charge in [0.2, 0.25) is 11.8 Å². The minimum absolute atomic E-state index is 0.0173. The Morgan fingerprint density at radius 3 is 1.97 bits per heavy atom. The van der Waals surface area contributed by atoms with Gasteiger partial charge in [0.25, 0.3) is 0 Å². The second kappa shape index (κ2) is 8.99. The second-order valence-corrected chi connectivity index (χ2v) is 12.2. The number of hydrogen-bond acceptors (Lipinski definition) is 4. The van der Waals surface area contributed by atoms with E-state index in [1.807, 2.05) is 18.7 Å². The first-order chi connectivity index (χ1) is 13.0. The largest absolute Gasteiger partial charge is 0.337 e. The molecule has 2 amide bonds. The highest BCUT2D eigenvalue weighted by atomic mass is 32.2. The van der Waals surface area contributed by atoms with Crippen LogP contribution in [0.2, 0.25) is 0 Å². The number of nitrogens with zero attached hydrogens (tertiary/aromatic N) is 2. The quantitative estimate of drug-likeness (QED) is 0.582. The van der Waals surface area contributed by atoms with Crippen LogP contribution < -0.4 is 0 Å². The molecule has 29 heavy (non-hydrogen) atoms.